The number of rotatable bonds is 20. The summed E-state index contributed by atoms with van der Waals surface area (Å²) in [4.78, 5) is 23.8. The molecule has 0 aromatic heterocycles. The third kappa shape index (κ3) is 9.44. The van der Waals surface area contributed by atoms with Gasteiger partial charge in [0.15, 0.2) is 6.61 Å². The van der Waals surface area contributed by atoms with Crippen LogP contribution in [0.3, 0.4) is 0 Å². The van der Waals surface area contributed by atoms with Gasteiger partial charge in [0.2, 0.25) is 0 Å². The first kappa shape index (κ1) is 37.3. The average molecular weight is 624 g/mol. The van der Waals surface area contributed by atoms with E-state index in [0.29, 0.717) is 12.8 Å². The van der Waals surface area contributed by atoms with Crippen LogP contribution in [0.15, 0.2) is 0 Å². The molecule has 7 nitrogen and oxygen atoms in total. The fraction of sp³-hybridized carbons (Fsp3) is 0.895. The number of ether oxygens (including phenoxy) is 2. The Labute approximate surface area is 217 Å². The number of halogens is 12. The zero-order valence-corrected chi connectivity index (χ0v) is 20.7. The summed E-state index contributed by atoms with van der Waals surface area (Å²) in [6.07, 6.45) is -2.11. The van der Waals surface area contributed by atoms with Crippen molar-refractivity contribution in [2.75, 3.05) is 13.2 Å². The van der Waals surface area contributed by atoms with Gasteiger partial charge in [-0.25, -0.2) is 14.0 Å². The van der Waals surface area contributed by atoms with Crippen LogP contribution >= 0.6 is 12.0 Å². The van der Waals surface area contributed by atoms with E-state index in [-0.39, 0.29) is 18.6 Å². The Hall–Kier alpha value is -1.67. The first-order chi connectivity index (χ1) is 17.7. The van der Waals surface area contributed by atoms with Crippen molar-refractivity contribution in [1.29, 1.82) is 0 Å². The fourth-order valence-corrected chi connectivity index (χ4v) is 3.10. The topological polar surface area (TPSA) is 91.3 Å². The summed E-state index contributed by atoms with van der Waals surface area (Å²) in [5, 5.41) is 9.07. The molecule has 39 heavy (non-hydrogen) atoms. The minimum absolute atomic E-state index is 0.175. The van der Waals surface area contributed by atoms with Crippen molar-refractivity contribution < 1.29 is 86.4 Å². The molecular formula is C19H24F12O7S. The molecule has 0 heterocycles. The highest BCUT2D eigenvalue weighted by Crippen LogP contribution is 2.58. The first-order valence-electron chi connectivity index (χ1n) is 10.9. The van der Waals surface area contributed by atoms with Crippen molar-refractivity contribution in [3.63, 3.8) is 0 Å². The summed E-state index contributed by atoms with van der Waals surface area (Å²) < 4.78 is 171. The van der Waals surface area contributed by atoms with Crippen LogP contribution in [0.5, 0.6) is 0 Å². The lowest BCUT2D eigenvalue weighted by molar-refractivity contribution is -0.432. The van der Waals surface area contributed by atoms with Crippen LogP contribution in [0.1, 0.15) is 51.9 Å². The Kier molecular flexibility index (Phi) is 14.7. The molecule has 1 unspecified atom stereocenters. The first-order valence-corrected chi connectivity index (χ1v) is 11.7. The number of carbonyl (C=O) groups is 2. The van der Waals surface area contributed by atoms with E-state index >= 15 is 0 Å². The molecule has 20 heteroatoms. The summed E-state index contributed by atoms with van der Waals surface area (Å²) in [6, 6.07) is 0. The second kappa shape index (κ2) is 15.4. The second-order valence-electron chi connectivity index (χ2n) is 7.88. The highest BCUT2D eigenvalue weighted by molar-refractivity contribution is 7.95. The maximum atomic E-state index is 13.8. The van der Waals surface area contributed by atoms with E-state index in [2.05, 4.69) is 14.1 Å². The van der Waals surface area contributed by atoms with Crippen LogP contribution < -0.4 is 0 Å². The molecule has 0 radical (unpaired) electrons. The molecule has 0 aromatic carbocycles. The van der Waals surface area contributed by atoms with Gasteiger partial charge in [-0.05, 0) is 6.42 Å². The number of carbonyl (C=O) groups excluding carboxylic acids is 2. The molecule has 232 valence electrons. The van der Waals surface area contributed by atoms with Gasteiger partial charge in [0.25, 0.3) is 0 Å². The highest BCUT2D eigenvalue weighted by Gasteiger charge is 2.87. The van der Waals surface area contributed by atoms with Crippen LogP contribution in [-0.2, 0) is 28.4 Å². The van der Waals surface area contributed by atoms with Gasteiger partial charge in [-0.3, -0.25) is 9.59 Å². The maximum Gasteiger partial charge on any atom is 0.384 e. The Morgan fingerprint density at radius 1 is 0.795 bits per heavy atom. The van der Waals surface area contributed by atoms with Crippen LogP contribution in [0, 0.1) is 0 Å². The van der Waals surface area contributed by atoms with Crippen LogP contribution in [0.2, 0.25) is 0 Å². The van der Waals surface area contributed by atoms with Crippen molar-refractivity contribution in [1.82, 2.24) is 0 Å². The number of alkyl halides is 12. The van der Waals surface area contributed by atoms with Gasteiger partial charge in [-0.2, -0.15) is 43.9 Å². The summed E-state index contributed by atoms with van der Waals surface area (Å²) in [5.74, 6) is -40.0. The minimum atomic E-state index is -7.79. The van der Waals surface area contributed by atoms with Gasteiger partial charge in [-0.15, -0.1) is 4.33 Å². The van der Waals surface area contributed by atoms with Crippen molar-refractivity contribution in [3.8, 4) is 0 Å². The Morgan fingerprint density at radius 2 is 1.33 bits per heavy atom. The molecule has 1 N–H and O–H groups in total. The summed E-state index contributed by atoms with van der Waals surface area (Å²) in [7, 11) is 0. The molecule has 0 saturated carbocycles. The zero-order valence-electron chi connectivity index (χ0n) is 19.9. The minimum Gasteiger partial charge on any atom is -0.466 e. The molecule has 0 bridgehead atoms. The molecule has 0 fully saturated rings. The Morgan fingerprint density at radius 3 is 1.85 bits per heavy atom. The molecule has 0 aliphatic heterocycles. The van der Waals surface area contributed by atoms with Crippen LogP contribution in [0.25, 0.3) is 0 Å². The standard InChI is InChI=1S/C19H24F12O7S/c1-2-3-4-5-6-7-8-35-12(32)9-11(39-38-37-34)13(33)36-10-15(22,23)17(26,27)19(30,31)18(28,29)16(24,25)14(20)21/h11,14,34H,2-10H2,1H3. The predicted molar refractivity (Wildman–Crippen MR) is 107 cm³/mol. The van der Waals surface area contributed by atoms with E-state index in [9.17, 15) is 62.3 Å². The third-order valence-electron chi connectivity index (χ3n) is 4.90. The Bertz CT molecular complexity index is 771. The van der Waals surface area contributed by atoms with Crippen LogP contribution in [0.4, 0.5) is 52.7 Å². The number of unbranched alkanes of at least 4 members (excludes halogenated alkanes) is 5. The van der Waals surface area contributed by atoms with Gasteiger partial charge in [-0.1, -0.05) is 44.1 Å². The molecule has 0 aromatic rings. The zero-order chi connectivity index (χ0) is 30.7. The highest BCUT2D eigenvalue weighted by atomic mass is 32.2. The summed E-state index contributed by atoms with van der Waals surface area (Å²) in [6.45, 7) is -1.37. The molecule has 0 spiro atoms. The summed E-state index contributed by atoms with van der Waals surface area (Å²) in [5.41, 5.74) is 0. The third-order valence-corrected chi connectivity index (χ3v) is 5.63. The van der Waals surface area contributed by atoms with E-state index in [0.717, 1.165) is 25.7 Å². The number of esters is 2. The molecule has 0 amide bonds. The normalized spacial score (nSPS) is 14.4. The maximum absolute atomic E-state index is 13.8. The van der Waals surface area contributed by atoms with Crippen molar-refractivity contribution in [3.05, 3.63) is 0 Å². The SMILES string of the molecule is CCCCCCCCOC(=O)CC(SOOO)C(=O)OCC(F)(F)C(F)(F)C(F)(F)C(F)(F)C(F)(F)C(F)F. The van der Waals surface area contributed by atoms with Crippen molar-refractivity contribution in [2.45, 2.75) is 93.2 Å². The van der Waals surface area contributed by atoms with Gasteiger partial charge in [0.05, 0.1) is 25.1 Å². The lowest BCUT2D eigenvalue weighted by atomic mass is 9.94. The fourth-order valence-electron chi connectivity index (χ4n) is 2.62. The van der Waals surface area contributed by atoms with Gasteiger partial charge >= 0.3 is 48.0 Å². The molecule has 0 aliphatic rings. The van der Waals surface area contributed by atoms with Crippen LogP contribution in [-0.4, -0.2) is 71.7 Å². The van der Waals surface area contributed by atoms with Crippen molar-refractivity contribution >= 4 is 24.0 Å². The van der Waals surface area contributed by atoms with E-state index in [1.54, 1.807) is 0 Å². The molecule has 0 saturated heterocycles. The van der Waals surface area contributed by atoms with Crippen molar-refractivity contribution in [2.24, 2.45) is 0 Å². The molecule has 1 atom stereocenters. The average Bonchev–Trinajstić information content (AvgIpc) is 2.83. The van der Waals surface area contributed by atoms with Gasteiger partial charge < -0.3 is 9.47 Å². The van der Waals surface area contributed by atoms with E-state index in [1.165, 1.54) is 0 Å². The Balaban J connectivity index is 5.37. The lowest BCUT2D eigenvalue weighted by Gasteiger charge is -2.38. The monoisotopic (exact) mass is 624 g/mol. The van der Waals surface area contributed by atoms with Gasteiger partial charge in [0, 0.05) is 0 Å². The number of hydrogen-bond acceptors (Lipinski definition) is 8. The molecule has 0 rings (SSSR count). The van der Waals surface area contributed by atoms with Gasteiger partial charge in [0.1, 0.15) is 5.25 Å². The smallest absolute Gasteiger partial charge is 0.384 e. The predicted octanol–water partition coefficient (Wildman–Crippen LogP) is 6.70. The largest absolute Gasteiger partial charge is 0.466 e. The molecular weight excluding hydrogens is 600 g/mol. The van der Waals surface area contributed by atoms with E-state index < -0.39 is 66.3 Å². The lowest BCUT2D eigenvalue weighted by Crippen LogP contribution is -2.69. The van der Waals surface area contributed by atoms with E-state index in [4.69, 9.17) is 9.99 Å². The summed E-state index contributed by atoms with van der Waals surface area (Å²) >= 11 is -0.345. The van der Waals surface area contributed by atoms with E-state index in [1.807, 2.05) is 6.92 Å². The second-order valence-corrected chi connectivity index (χ2v) is 8.78. The quantitative estimate of drug-likeness (QED) is 0.0400. The number of hydrogen-bond donors (Lipinski definition) is 1. The molecule has 0 aliphatic carbocycles.